The Kier molecular flexibility index (Phi) is 5.76. The Labute approximate surface area is 118 Å². The SMILES string of the molecule is CC(CCC(C)C(=O)C(C)(C)C)C(=O)C1CCCC1. The van der Waals surface area contributed by atoms with Gasteiger partial charge in [0, 0.05) is 23.2 Å². The average molecular weight is 266 g/mol. The van der Waals surface area contributed by atoms with Gasteiger partial charge in [-0.05, 0) is 25.7 Å². The molecule has 0 amide bonds. The van der Waals surface area contributed by atoms with Gasteiger partial charge in [0.25, 0.3) is 0 Å². The summed E-state index contributed by atoms with van der Waals surface area (Å²) in [5, 5.41) is 0. The second-order valence-electron chi connectivity index (χ2n) is 7.38. The van der Waals surface area contributed by atoms with E-state index in [1.807, 2.05) is 34.6 Å². The molecule has 0 saturated heterocycles. The van der Waals surface area contributed by atoms with E-state index in [-0.39, 0.29) is 17.3 Å². The second kappa shape index (κ2) is 6.67. The quantitative estimate of drug-likeness (QED) is 0.713. The molecule has 0 aromatic heterocycles. The van der Waals surface area contributed by atoms with Crippen LogP contribution in [0.2, 0.25) is 0 Å². The second-order valence-corrected chi connectivity index (χ2v) is 7.38. The Morgan fingerprint density at radius 2 is 1.47 bits per heavy atom. The van der Waals surface area contributed by atoms with Gasteiger partial charge < -0.3 is 0 Å². The van der Waals surface area contributed by atoms with Gasteiger partial charge in [0.05, 0.1) is 0 Å². The lowest BCUT2D eigenvalue weighted by molar-refractivity contribution is -0.131. The summed E-state index contributed by atoms with van der Waals surface area (Å²) in [7, 11) is 0. The molecule has 0 heterocycles. The molecule has 2 atom stereocenters. The Hall–Kier alpha value is -0.660. The first-order valence-corrected chi connectivity index (χ1v) is 7.81. The van der Waals surface area contributed by atoms with E-state index in [0.717, 1.165) is 25.7 Å². The molecule has 2 heteroatoms. The first-order valence-electron chi connectivity index (χ1n) is 7.81. The van der Waals surface area contributed by atoms with Crippen molar-refractivity contribution in [3.05, 3.63) is 0 Å². The third-order valence-electron chi connectivity index (χ3n) is 4.46. The fourth-order valence-corrected chi connectivity index (χ4v) is 3.13. The van der Waals surface area contributed by atoms with Crippen LogP contribution in [0.3, 0.4) is 0 Å². The minimum absolute atomic E-state index is 0.0684. The lowest BCUT2D eigenvalue weighted by Gasteiger charge is -2.23. The van der Waals surface area contributed by atoms with Crippen LogP contribution < -0.4 is 0 Å². The van der Waals surface area contributed by atoms with Crippen LogP contribution >= 0.6 is 0 Å². The number of carbonyl (C=O) groups is 2. The largest absolute Gasteiger partial charge is 0.299 e. The molecule has 1 aliphatic carbocycles. The van der Waals surface area contributed by atoms with E-state index in [1.165, 1.54) is 12.8 Å². The molecule has 0 radical (unpaired) electrons. The highest BCUT2D eigenvalue weighted by Crippen LogP contribution is 2.30. The number of hydrogen-bond donors (Lipinski definition) is 0. The molecule has 1 saturated carbocycles. The molecule has 0 bridgehead atoms. The van der Waals surface area contributed by atoms with Crippen molar-refractivity contribution >= 4 is 11.6 Å². The monoisotopic (exact) mass is 266 g/mol. The van der Waals surface area contributed by atoms with E-state index >= 15 is 0 Å². The molecule has 19 heavy (non-hydrogen) atoms. The molecule has 1 fully saturated rings. The Bertz CT molecular complexity index is 319. The number of Topliss-reactive ketones (excluding diaryl/α,β-unsaturated/α-hetero) is 2. The molecule has 0 aromatic carbocycles. The highest BCUT2D eigenvalue weighted by molar-refractivity contribution is 5.86. The normalized spacial score (nSPS) is 20.3. The van der Waals surface area contributed by atoms with E-state index in [1.54, 1.807) is 0 Å². The van der Waals surface area contributed by atoms with E-state index in [9.17, 15) is 9.59 Å². The fourth-order valence-electron chi connectivity index (χ4n) is 3.13. The van der Waals surface area contributed by atoms with Gasteiger partial charge in [0.15, 0.2) is 0 Å². The highest BCUT2D eigenvalue weighted by atomic mass is 16.1. The third kappa shape index (κ3) is 4.74. The van der Waals surface area contributed by atoms with Crippen LogP contribution in [0.4, 0.5) is 0 Å². The topological polar surface area (TPSA) is 34.1 Å². The maximum Gasteiger partial charge on any atom is 0.140 e. The molecule has 1 aliphatic rings. The number of carbonyl (C=O) groups excluding carboxylic acids is 2. The lowest BCUT2D eigenvalue weighted by atomic mass is 9.80. The Morgan fingerprint density at radius 3 is 1.95 bits per heavy atom. The van der Waals surface area contributed by atoms with Crippen LogP contribution in [0, 0.1) is 23.2 Å². The van der Waals surface area contributed by atoms with Crippen LogP contribution in [0.1, 0.15) is 73.1 Å². The van der Waals surface area contributed by atoms with Gasteiger partial charge in [-0.15, -0.1) is 0 Å². The molecule has 0 N–H and O–H groups in total. The van der Waals surface area contributed by atoms with Crippen LogP contribution in [0.25, 0.3) is 0 Å². The van der Waals surface area contributed by atoms with Crippen LogP contribution in [-0.4, -0.2) is 11.6 Å². The Morgan fingerprint density at radius 1 is 1.00 bits per heavy atom. The Balaban J connectivity index is 2.39. The molecule has 0 spiro atoms. The summed E-state index contributed by atoms with van der Waals surface area (Å²) in [6.07, 6.45) is 6.29. The van der Waals surface area contributed by atoms with Crippen molar-refractivity contribution in [2.75, 3.05) is 0 Å². The predicted molar refractivity (Wildman–Crippen MR) is 79.0 cm³/mol. The van der Waals surface area contributed by atoms with Gasteiger partial charge in [-0.2, -0.15) is 0 Å². The summed E-state index contributed by atoms with van der Waals surface area (Å²) >= 11 is 0. The van der Waals surface area contributed by atoms with Crippen molar-refractivity contribution in [3.63, 3.8) is 0 Å². The molecule has 0 aromatic rings. The minimum atomic E-state index is -0.266. The third-order valence-corrected chi connectivity index (χ3v) is 4.46. The standard InChI is InChI=1S/C17H30O2/c1-12(15(18)14-8-6-7-9-14)10-11-13(2)16(19)17(3,4)5/h12-14H,6-11H2,1-5H3. The van der Waals surface area contributed by atoms with Crippen LogP contribution in [0.5, 0.6) is 0 Å². The predicted octanol–water partition coefficient (Wildman–Crippen LogP) is 4.41. The van der Waals surface area contributed by atoms with Crippen molar-refractivity contribution in [1.82, 2.24) is 0 Å². The van der Waals surface area contributed by atoms with E-state index in [4.69, 9.17) is 0 Å². The van der Waals surface area contributed by atoms with Gasteiger partial charge >= 0.3 is 0 Å². The van der Waals surface area contributed by atoms with Gasteiger partial charge in [0.1, 0.15) is 11.6 Å². The maximum absolute atomic E-state index is 12.2. The van der Waals surface area contributed by atoms with E-state index in [2.05, 4.69) is 0 Å². The van der Waals surface area contributed by atoms with Crippen LogP contribution in [-0.2, 0) is 9.59 Å². The summed E-state index contributed by atoms with van der Waals surface area (Å²) in [5.74, 6) is 1.25. The highest BCUT2D eigenvalue weighted by Gasteiger charge is 2.29. The zero-order valence-corrected chi connectivity index (χ0v) is 13.3. The summed E-state index contributed by atoms with van der Waals surface area (Å²) in [4.78, 5) is 24.4. The molecular formula is C17H30O2. The van der Waals surface area contributed by atoms with Gasteiger partial charge in [-0.25, -0.2) is 0 Å². The van der Waals surface area contributed by atoms with E-state index < -0.39 is 0 Å². The van der Waals surface area contributed by atoms with Crippen molar-refractivity contribution in [1.29, 1.82) is 0 Å². The number of hydrogen-bond acceptors (Lipinski definition) is 2. The molecule has 110 valence electrons. The molecule has 1 rings (SSSR count). The summed E-state index contributed by atoms with van der Waals surface area (Å²) in [5.41, 5.74) is -0.266. The van der Waals surface area contributed by atoms with Crippen molar-refractivity contribution in [2.45, 2.75) is 73.1 Å². The first-order chi connectivity index (χ1) is 8.73. The maximum atomic E-state index is 12.2. The number of rotatable bonds is 6. The van der Waals surface area contributed by atoms with Gasteiger partial charge in [0.2, 0.25) is 0 Å². The first kappa shape index (κ1) is 16.4. The molecule has 0 aliphatic heterocycles. The zero-order chi connectivity index (χ0) is 14.6. The minimum Gasteiger partial charge on any atom is -0.299 e. The summed E-state index contributed by atoms with van der Waals surface area (Å²) in [6, 6.07) is 0. The van der Waals surface area contributed by atoms with Gasteiger partial charge in [-0.3, -0.25) is 9.59 Å². The van der Waals surface area contributed by atoms with Crippen molar-refractivity contribution < 1.29 is 9.59 Å². The molecular weight excluding hydrogens is 236 g/mol. The summed E-state index contributed by atoms with van der Waals surface area (Å²) < 4.78 is 0. The van der Waals surface area contributed by atoms with Gasteiger partial charge in [-0.1, -0.05) is 47.5 Å². The average Bonchev–Trinajstić information content (AvgIpc) is 2.86. The van der Waals surface area contributed by atoms with Crippen LogP contribution in [0.15, 0.2) is 0 Å². The van der Waals surface area contributed by atoms with Crippen molar-refractivity contribution in [2.24, 2.45) is 23.2 Å². The molecule has 2 unspecified atom stereocenters. The van der Waals surface area contributed by atoms with E-state index in [0.29, 0.717) is 17.5 Å². The lowest BCUT2D eigenvalue weighted by Crippen LogP contribution is -2.27. The fraction of sp³-hybridized carbons (Fsp3) is 0.882. The molecule has 2 nitrogen and oxygen atoms in total. The zero-order valence-electron chi connectivity index (χ0n) is 13.3. The summed E-state index contributed by atoms with van der Waals surface area (Å²) in [6.45, 7) is 9.95. The van der Waals surface area contributed by atoms with Crippen molar-refractivity contribution in [3.8, 4) is 0 Å². The number of ketones is 2. The smallest absolute Gasteiger partial charge is 0.140 e.